The number of rotatable bonds is 6. The molecule has 1 amide bonds. The van der Waals surface area contributed by atoms with Gasteiger partial charge in [0.2, 0.25) is 0 Å². The summed E-state index contributed by atoms with van der Waals surface area (Å²) in [6.45, 7) is 1.90. The van der Waals surface area contributed by atoms with Gasteiger partial charge in [-0.15, -0.1) is 0 Å². The predicted octanol–water partition coefficient (Wildman–Crippen LogP) is 7.13. The fourth-order valence-corrected chi connectivity index (χ4v) is 3.55. The highest BCUT2D eigenvalue weighted by Gasteiger charge is 2.32. The molecule has 4 nitrogen and oxygen atoms in total. The second-order valence-electron chi connectivity index (χ2n) is 8.02. The Hall–Kier alpha value is -4.20. The zero-order chi connectivity index (χ0) is 25.0. The monoisotopic (exact) mass is 479 g/mol. The van der Waals surface area contributed by atoms with E-state index < -0.39 is 29.0 Å². The summed E-state index contributed by atoms with van der Waals surface area (Å²) in [6, 6.07) is 20.5. The van der Waals surface area contributed by atoms with Crippen molar-refractivity contribution in [3.63, 3.8) is 0 Å². The first-order valence-corrected chi connectivity index (χ1v) is 10.7. The average molecular weight is 479 g/mol. The van der Waals surface area contributed by atoms with Crippen molar-refractivity contribution in [1.82, 2.24) is 4.98 Å². The van der Waals surface area contributed by atoms with Crippen LogP contribution in [-0.2, 0) is 12.6 Å². The van der Waals surface area contributed by atoms with Crippen LogP contribution in [0.25, 0.3) is 0 Å². The molecule has 0 bridgehead atoms. The van der Waals surface area contributed by atoms with E-state index in [-0.39, 0.29) is 5.69 Å². The third kappa shape index (κ3) is 6.03. The molecule has 4 aromatic rings. The topological polar surface area (TPSA) is 54.0 Å². The van der Waals surface area contributed by atoms with Crippen LogP contribution < -0.4 is 10.6 Å². The number of carbonyl (C=O) groups excluding carboxylic acids is 1. The summed E-state index contributed by atoms with van der Waals surface area (Å²) in [4.78, 5) is 17.3. The van der Waals surface area contributed by atoms with Crippen LogP contribution in [0.3, 0.4) is 0 Å². The van der Waals surface area contributed by atoms with E-state index in [1.165, 1.54) is 0 Å². The number of carbonyl (C=O) groups is 1. The molecular formula is C27H21F4N3O. The maximum Gasteiger partial charge on any atom is 0.416 e. The maximum absolute atomic E-state index is 13.9. The fourth-order valence-electron chi connectivity index (χ4n) is 3.55. The number of amides is 1. The van der Waals surface area contributed by atoms with Gasteiger partial charge in [-0.05, 0) is 60.4 Å². The summed E-state index contributed by atoms with van der Waals surface area (Å²) >= 11 is 0. The van der Waals surface area contributed by atoms with Gasteiger partial charge in [0, 0.05) is 17.4 Å². The minimum absolute atomic E-state index is 0.254. The molecule has 35 heavy (non-hydrogen) atoms. The molecule has 0 spiro atoms. The zero-order valence-corrected chi connectivity index (χ0v) is 18.7. The van der Waals surface area contributed by atoms with Gasteiger partial charge < -0.3 is 10.6 Å². The van der Waals surface area contributed by atoms with Gasteiger partial charge in [-0.3, -0.25) is 4.79 Å². The summed E-state index contributed by atoms with van der Waals surface area (Å²) in [5.41, 5.74) is 2.04. The lowest BCUT2D eigenvalue weighted by molar-refractivity contribution is -0.137. The number of benzene rings is 3. The molecular weight excluding hydrogens is 458 g/mol. The van der Waals surface area contributed by atoms with Gasteiger partial charge in [-0.2, -0.15) is 13.2 Å². The van der Waals surface area contributed by atoms with E-state index in [0.717, 1.165) is 28.4 Å². The number of nitrogens with zero attached hydrogens (tertiary/aromatic N) is 1. The molecule has 0 atom stereocenters. The lowest BCUT2D eigenvalue weighted by Gasteiger charge is -2.16. The lowest BCUT2D eigenvalue weighted by Crippen LogP contribution is -2.16. The third-order valence-corrected chi connectivity index (χ3v) is 5.33. The number of anilines is 3. The van der Waals surface area contributed by atoms with Crippen LogP contribution in [0.4, 0.5) is 34.8 Å². The smallest absolute Gasteiger partial charge is 0.338 e. The van der Waals surface area contributed by atoms with Gasteiger partial charge >= 0.3 is 6.18 Å². The van der Waals surface area contributed by atoms with Crippen LogP contribution in [0.2, 0.25) is 0 Å². The Kier molecular flexibility index (Phi) is 6.82. The standard InChI is InChI=1S/C27H21F4N3O/c1-17-7-5-6-10-23(17)33-25-24(12-19(16-32-25)11-18-8-3-2-4-9-18)34-26(35)20-13-21(27(29,30)31)15-22(28)14-20/h2-10,12-16H,11H2,1H3,(H,32,33)(H,34,35). The molecule has 8 heteroatoms. The highest BCUT2D eigenvalue weighted by Crippen LogP contribution is 2.31. The van der Waals surface area contributed by atoms with Crippen molar-refractivity contribution in [2.24, 2.45) is 0 Å². The molecule has 1 heterocycles. The largest absolute Gasteiger partial charge is 0.416 e. The van der Waals surface area contributed by atoms with E-state index in [9.17, 15) is 22.4 Å². The summed E-state index contributed by atoms with van der Waals surface area (Å²) in [7, 11) is 0. The van der Waals surface area contributed by atoms with E-state index >= 15 is 0 Å². The number of aryl methyl sites for hydroxylation is 1. The summed E-state index contributed by atoms with van der Waals surface area (Å²) in [6.07, 6.45) is -2.60. The van der Waals surface area contributed by atoms with E-state index in [4.69, 9.17) is 0 Å². The Labute approximate surface area is 199 Å². The Balaban J connectivity index is 1.69. The second kappa shape index (κ2) is 9.97. The van der Waals surface area contributed by atoms with Crippen molar-refractivity contribution < 1.29 is 22.4 Å². The number of pyridine rings is 1. The first kappa shape index (κ1) is 23.9. The quantitative estimate of drug-likeness (QED) is 0.289. The Morgan fingerprint density at radius 3 is 2.31 bits per heavy atom. The Morgan fingerprint density at radius 1 is 0.886 bits per heavy atom. The van der Waals surface area contributed by atoms with E-state index in [0.29, 0.717) is 24.4 Å². The number of alkyl halides is 3. The second-order valence-corrected chi connectivity index (χ2v) is 8.02. The molecule has 4 rings (SSSR count). The molecule has 0 aliphatic rings. The van der Waals surface area contributed by atoms with Crippen molar-refractivity contribution in [1.29, 1.82) is 0 Å². The van der Waals surface area contributed by atoms with Gasteiger partial charge in [0.1, 0.15) is 5.82 Å². The Bertz CT molecular complexity index is 1350. The van der Waals surface area contributed by atoms with Crippen LogP contribution in [0, 0.1) is 12.7 Å². The summed E-state index contributed by atoms with van der Waals surface area (Å²) in [5, 5.41) is 5.76. The van der Waals surface area contributed by atoms with Gasteiger partial charge in [-0.25, -0.2) is 9.37 Å². The molecule has 0 aliphatic carbocycles. The molecule has 178 valence electrons. The molecule has 0 radical (unpaired) electrons. The minimum Gasteiger partial charge on any atom is -0.338 e. The van der Waals surface area contributed by atoms with Crippen molar-refractivity contribution >= 4 is 23.1 Å². The fraction of sp³-hybridized carbons (Fsp3) is 0.111. The van der Waals surface area contributed by atoms with Crippen molar-refractivity contribution in [3.8, 4) is 0 Å². The highest BCUT2D eigenvalue weighted by atomic mass is 19.4. The van der Waals surface area contributed by atoms with Crippen molar-refractivity contribution in [2.75, 3.05) is 10.6 Å². The first-order valence-electron chi connectivity index (χ1n) is 10.7. The molecule has 0 saturated heterocycles. The maximum atomic E-state index is 13.9. The van der Waals surface area contributed by atoms with Gasteiger partial charge in [0.25, 0.3) is 5.91 Å². The van der Waals surface area contributed by atoms with E-state index in [1.54, 1.807) is 12.3 Å². The summed E-state index contributed by atoms with van der Waals surface area (Å²) in [5.74, 6) is -1.74. The molecule has 0 aliphatic heterocycles. The van der Waals surface area contributed by atoms with Crippen molar-refractivity contribution in [3.05, 3.63) is 119 Å². The highest BCUT2D eigenvalue weighted by molar-refractivity contribution is 6.06. The number of hydrogen-bond donors (Lipinski definition) is 2. The minimum atomic E-state index is -4.79. The number of hydrogen-bond acceptors (Lipinski definition) is 3. The normalized spacial score (nSPS) is 11.2. The van der Waals surface area contributed by atoms with Crippen LogP contribution >= 0.6 is 0 Å². The Morgan fingerprint density at radius 2 is 1.60 bits per heavy atom. The van der Waals surface area contributed by atoms with Gasteiger partial charge in [-0.1, -0.05) is 48.5 Å². The number of aromatic nitrogens is 1. The SMILES string of the molecule is Cc1ccccc1Nc1ncc(Cc2ccccc2)cc1NC(=O)c1cc(F)cc(C(F)(F)F)c1. The van der Waals surface area contributed by atoms with E-state index in [1.807, 2.05) is 61.5 Å². The van der Waals surface area contributed by atoms with E-state index in [2.05, 4.69) is 15.6 Å². The van der Waals surface area contributed by atoms with Gasteiger partial charge in [0.15, 0.2) is 5.82 Å². The number of para-hydroxylation sites is 1. The van der Waals surface area contributed by atoms with Crippen LogP contribution in [-0.4, -0.2) is 10.9 Å². The first-order chi connectivity index (χ1) is 16.7. The number of halogens is 4. The molecule has 3 aromatic carbocycles. The molecule has 0 saturated carbocycles. The molecule has 0 fully saturated rings. The van der Waals surface area contributed by atoms with Crippen LogP contribution in [0.5, 0.6) is 0 Å². The van der Waals surface area contributed by atoms with Crippen LogP contribution in [0.1, 0.15) is 32.6 Å². The molecule has 1 aromatic heterocycles. The molecule has 0 unspecified atom stereocenters. The molecule has 2 N–H and O–H groups in total. The third-order valence-electron chi connectivity index (χ3n) is 5.33. The predicted molar refractivity (Wildman–Crippen MR) is 127 cm³/mol. The number of nitrogens with one attached hydrogen (secondary N) is 2. The summed E-state index contributed by atoms with van der Waals surface area (Å²) < 4.78 is 53.2. The lowest BCUT2D eigenvalue weighted by atomic mass is 10.1. The van der Waals surface area contributed by atoms with Gasteiger partial charge in [0.05, 0.1) is 11.3 Å². The average Bonchev–Trinajstić information content (AvgIpc) is 2.82. The van der Waals surface area contributed by atoms with Crippen LogP contribution in [0.15, 0.2) is 85.1 Å². The zero-order valence-electron chi connectivity index (χ0n) is 18.7. The van der Waals surface area contributed by atoms with Crippen molar-refractivity contribution in [2.45, 2.75) is 19.5 Å².